The molecule has 1 N–H and O–H groups in total. The lowest BCUT2D eigenvalue weighted by molar-refractivity contribution is -0.177. The Labute approximate surface area is 134 Å². The van der Waals surface area contributed by atoms with Crippen LogP contribution in [0.5, 0.6) is 0 Å². The molecular formula is C19H31NO2. The van der Waals surface area contributed by atoms with Crippen LogP contribution in [0.4, 0.5) is 0 Å². The van der Waals surface area contributed by atoms with Gasteiger partial charge in [-0.2, -0.15) is 0 Å². The fourth-order valence-electron chi connectivity index (χ4n) is 7.07. The second-order valence-electron chi connectivity index (χ2n) is 9.20. The molecule has 0 radical (unpaired) electrons. The Morgan fingerprint density at radius 3 is 2.68 bits per heavy atom. The van der Waals surface area contributed by atoms with E-state index in [9.17, 15) is 9.90 Å². The van der Waals surface area contributed by atoms with E-state index in [2.05, 4.69) is 13.8 Å². The van der Waals surface area contributed by atoms with E-state index in [0.717, 1.165) is 12.8 Å². The molecule has 0 bridgehead atoms. The van der Waals surface area contributed by atoms with Gasteiger partial charge >= 0.3 is 0 Å². The van der Waals surface area contributed by atoms with Crippen molar-refractivity contribution in [2.45, 2.75) is 77.4 Å². The Kier molecular flexibility index (Phi) is 3.21. The molecule has 3 saturated carbocycles. The van der Waals surface area contributed by atoms with Crippen molar-refractivity contribution < 1.29 is 9.90 Å². The van der Waals surface area contributed by atoms with Crippen molar-refractivity contribution in [3.05, 3.63) is 0 Å². The normalized spacial score (nSPS) is 54.6. The molecule has 0 spiro atoms. The molecule has 4 rings (SSSR count). The summed E-state index contributed by atoms with van der Waals surface area (Å²) in [7, 11) is 1.96. The van der Waals surface area contributed by atoms with Crippen LogP contribution in [-0.4, -0.2) is 35.1 Å². The quantitative estimate of drug-likeness (QED) is 0.746. The molecule has 0 aromatic heterocycles. The minimum atomic E-state index is -0.209. The highest BCUT2D eigenvalue weighted by molar-refractivity contribution is 5.77. The number of hydrogen-bond acceptors (Lipinski definition) is 2. The zero-order valence-electron chi connectivity index (χ0n) is 14.3. The van der Waals surface area contributed by atoms with E-state index in [-0.39, 0.29) is 23.5 Å². The van der Waals surface area contributed by atoms with Crippen molar-refractivity contribution in [2.24, 2.45) is 28.6 Å². The average molecular weight is 305 g/mol. The average Bonchev–Trinajstić information content (AvgIpc) is 2.87. The predicted molar refractivity (Wildman–Crippen MR) is 86.2 cm³/mol. The zero-order chi connectivity index (χ0) is 15.7. The van der Waals surface area contributed by atoms with Gasteiger partial charge in [0.05, 0.1) is 6.10 Å². The van der Waals surface area contributed by atoms with Crippen molar-refractivity contribution in [1.29, 1.82) is 0 Å². The Balaban J connectivity index is 1.70. The van der Waals surface area contributed by atoms with Crippen LogP contribution in [0.3, 0.4) is 0 Å². The van der Waals surface area contributed by atoms with Gasteiger partial charge in [0.15, 0.2) is 0 Å². The summed E-state index contributed by atoms with van der Waals surface area (Å²) in [6.07, 6.45) is 8.90. The van der Waals surface area contributed by atoms with Crippen LogP contribution in [0.1, 0.15) is 65.2 Å². The highest BCUT2D eigenvalue weighted by Crippen LogP contribution is 2.64. The Morgan fingerprint density at radius 2 is 1.91 bits per heavy atom. The number of amides is 1. The van der Waals surface area contributed by atoms with Crippen molar-refractivity contribution in [3.63, 3.8) is 0 Å². The lowest BCUT2D eigenvalue weighted by Crippen LogP contribution is -2.64. The van der Waals surface area contributed by atoms with Gasteiger partial charge in [-0.05, 0) is 67.1 Å². The first kappa shape index (κ1) is 15.0. The summed E-state index contributed by atoms with van der Waals surface area (Å²) in [5.41, 5.74) is 0.693. The van der Waals surface area contributed by atoms with Crippen molar-refractivity contribution >= 4 is 5.91 Å². The summed E-state index contributed by atoms with van der Waals surface area (Å²) < 4.78 is 0. The van der Waals surface area contributed by atoms with Gasteiger partial charge in [0.2, 0.25) is 5.91 Å². The molecule has 2 unspecified atom stereocenters. The lowest BCUT2D eigenvalue weighted by Gasteiger charge is -2.62. The third-order valence-corrected chi connectivity index (χ3v) is 8.37. The van der Waals surface area contributed by atoms with Crippen LogP contribution in [-0.2, 0) is 4.79 Å². The van der Waals surface area contributed by atoms with Crippen LogP contribution in [0.2, 0.25) is 0 Å². The van der Waals surface area contributed by atoms with E-state index >= 15 is 0 Å². The molecule has 4 fully saturated rings. The Hall–Kier alpha value is -0.570. The minimum absolute atomic E-state index is 0.209. The summed E-state index contributed by atoms with van der Waals surface area (Å²) in [4.78, 5) is 14.1. The molecule has 3 heteroatoms. The van der Waals surface area contributed by atoms with E-state index in [1.165, 1.54) is 32.1 Å². The van der Waals surface area contributed by atoms with Gasteiger partial charge in [-0.15, -0.1) is 0 Å². The number of hydrogen-bond donors (Lipinski definition) is 1. The third-order valence-electron chi connectivity index (χ3n) is 8.37. The molecule has 22 heavy (non-hydrogen) atoms. The van der Waals surface area contributed by atoms with Crippen molar-refractivity contribution in [3.8, 4) is 0 Å². The van der Waals surface area contributed by atoms with E-state index in [0.29, 0.717) is 29.6 Å². The summed E-state index contributed by atoms with van der Waals surface area (Å²) in [6.45, 7) is 4.89. The smallest absolute Gasteiger partial charge is 0.222 e. The van der Waals surface area contributed by atoms with Gasteiger partial charge < -0.3 is 10.0 Å². The SMILES string of the molecule is CN1C(=O)CC[C@@]2(C)C1CC(O)[C@@H]1[C@H]2CC[C@]2(C)CCC[C@@H]12. The Morgan fingerprint density at radius 1 is 1.14 bits per heavy atom. The largest absolute Gasteiger partial charge is 0.393 e. The standard InChI is InChI=1S/C19H31NO2/c1-18-8-4-5-12(18)17-13(6-9-18)19(2)10-7-16(22)20(3)15(19)11-14(17)21/h12-15,17,21H,4-11H2,1-3H3/t12-,13+,14?,15?,17-,18-,19+/m0/s1. The molecule has 0 aromatic rings. The number of likely N-dealkylation sites (tertiary alicyclic amines) is 1. The molecule has 1 aliphatic heterocycles. The van der Waals surface area contributed by atoms with E-state index in [1.807, 2.05) is 11.9 Å². The molecule has 1 saturated heterocycles. The van der Waals surface area contributed by atoms with Gasteiger partial charge in [0.25, 0.3) is 0 Å². The molecule has 124 valence electrons. The van der Waals surface area contributed by atoms with Crippen LogP contribution < -0.4 is 0 Å². The molecule has 7 atom stereocenters. The number of piperidine rings is 1. The Bertz CT molecular complexity index is 492. The topological polar surface area (TPSA) is 40.5 Å². The number of fused-ring (bicyclic) bond motifs is 5. The lowest BCUT2D eigenvalue weighted by atomic mass is 9.47. The van der Waals surface area contributed by atoms with Crippen LogP contribution in [0.25, 0.3) is 0 Å². The first-order chi connectivity index (χ1) is 10.4. The molecule has 0 aromatic carbocycles. The number of nitrogens with zero attached hydrogens (tertiary/aromatic N) is 1. The highest BCUT2D eigenvalue weighted by atomic mass is 16.3. The second kappa shape index (κ2) is 4.72. The number of carbonyl (C=O) groups excluding carboxylic acids is 1. The number of carbonyl (C=O) groups is 1. The molecule has 3 nitrogen and oxygen atoms in total. The van der Waals surface area contributed by atoms with Gasteiger partial charge in [0, 0.05) is 19.5 Å². The fraction of sp³-hybridized carbons (Fsp3) is 0.947. The summed E-state index contributed by atoms with van der Waals surface area (Å²) in [5, 5.41) is 11.0. The second-order valence-corrected chi connectivity index (χ2v) is 9.20. The van der Waals surface area contributed by atoms with Crippen molar-refractivity contribution in [1.82, 2.24) is 4.90 Å². The predicted octanol–water partition coefficient (Wildman–Crippen LogP) is 3.21. The summed E-state index contributed by atoms with van der Waals surface area (Å²) in [5.74, 6) is 2.06. The zero-order valence-corrected chi connectivity index (χ0v) is 14.3. The maximum Gasteiger partial charge on any atom is 0.222 e. The number of aliphatic hydroxyl groups excluding tert-OH is 1. The molecular weight excluding hydrogens is 274 g/mol. The monoisotopic (exact) mass is 305 g/mol. The maximum atomic E-state index is 12.1. The number of aliphatic hydroxyl groups is 1. The van der Waals surface area contributed by atoms with Crippen LogP contribution in [0.15, 0.2) is 0 Å². The molecule has 1 heterocycles. The molecule has 3 aliphatic carbocycles. The summed E-state index contributed by atoms with van der Waals surface area (Å²) >= 11 is 0. The number of rotatable bonds is 0. The van der Waals surface area contributed by atoms with Gasteiger partial charge in [-0.3, -0.25) is 4.79 Å². The van der Waals surface area contributed by atoms with Crippen molar-refractivity contribution in [2.75, 3.05) is 7.05 Å². The first-order valence-corrected chi connectivity index (χ1v) is 9.30. The van der Waals surface area contributed by atoms with Gasteiger partial charge in [-0.25, -0.2) is 0 Å². The molecule has 1 amide bonds. The van der Waals surface area contributed by atoms with E-state index < -0.39 is 0 Å². The minimum Gasteiger partial charge on any atom is -0.393 e. The maximum absolute atomic E-state index is 12.1. The van der Waals surface area contributed by atoms with Gasteiger partial charge in [0.1, 0.15) is 0 Å². The molecule has 4 aliphatic rings. The van der Waals surface area contributed by atoms with Crippen LogP contribution >= 0.6 is 0 Å². The first-order valence-electron chi connectivity index (χ1n) is 9.30. The van der Waals surface area contributed by atoms with Crippen LogP contribution in [0, 0.1) is 28.6 Å². The van der Waals surface area contributed by atoms with Gasteiger partial charge in [-0.1, -0.05) is 20.3 Å². The van der Waals surface area contributed by atoms with E-state index in [1.54, 1.807) is 0 Å². The third kappa shape index (κ3) is 1.81. The fourth-order valence-corrected chi connectivity index (χ4v) is 7.07. The van der Waals surface area contributed by atoms with E-state index in [4.69, 9.17) is 0 Å². The summed E-state index contributed by atoms with van der Waals surface area (Å²) in [6, 6.07) is 0.246. The highest BCUT2D eigenvalue weighted by Gasteiger charge is 2.61.